The van der Waals surface area contributed by atoms with Crippen molar-refractivity contribution in [1.29, 1.82) is 0 Å². The van der Waals surface area contributed by atoms with E-state index >= 15 is 0 Å². The Kier molecular flexibility index (Phi) is 4.27. The Balaban J connectivity index is 1.70. The lowest BCUT2D eigenvalue weighted by molar-refractivity contribution is 0.644. The number of rotatable bonds is 3. The van der Waals surface area contributed by atoms with Crippen molar-refractivity contribution in [3.8, 4) is 0 Å². The first kappa shape index (κ1) is 14.2. The minimum atomic E-state index is 0.525. The molecule has 0 unspecified atom stereocenters. The summed E-state index contributed by atoms with van der Waals surface area (Å²) in [5, 5.41) is 0.782. The van der Waals surface area contributed by atoms with Crippen LogP contribution in [0.5, 0.6) is 0 Å². The molecule has 3 rings (SSSR count). The van der Waals surface area contributed by atoms with Crippen molar-refractivity contribution in [2.24, 2.45) is 5.73 Å². The number of anilines is 2. The second-order valence-electron chi connectivity index (χ2n) is 5.14. The SMILES string of the molecule is NCc1cccnc1N1CCN(c2cccc(Cl)c2)CC1. The molecule has 5 heteroatoms. The largest absolute Gasteiger partial charge is 0.368 e. The van der Waals surface area contributed by atoms with Crippen molar-refractivity contribution in [1.82, 2.24) is 4.98 Å². The molecule has 1 aromatic carbocycles. The minimum absolute atomic E-state index is 0.525. The highest BCUT2D eigenvalue weighted by molar-refractivity contribution is 6.30. The summed E-state index contributed by atoms with van der Waals surface area (Å²) in [6.07, 6.45) is 1.83. The van der Waals surface area contributed by atoms with E-state index in [0.717, 1.165) is 42.6 Å². The lowest BCUT2D eigenvalue weighted by atomic mass is 10.2. The fraction of sp³-hybridized carbons (Fsp3) is 0.312. The van der Waals surface area contributed by atoms with E-state index in [-0.39, 0.29) is 0 Å². The first-order valence-corrected chi connectivity index (χ1v) is 7.55. The summed E-state index contributed by atoms with van der Waals surface area (Å²) in [6, 6.07) is 12.0. The summed E-state index contributed by atoms with van der Waals surface area (Å²) >= 11 is 6.07. The molecule has 1 aliphatic rings. The quantitative estimate of drug-likeness (QED) is 0.946. The molecular weight excluding hydrogens is 284 g/mol. The maximum absolute atomic E-state index is 6.07. The zero-order valence-corrected chi connectivity index (χ0v) is 12.6. The Hall–Kier alpha value is -1.78. The first-order chi connectivity index (χ1) is 10.3. The highest BCUT2D eigenvalue weighted by atomic mass is 35.5. The van der Waals surface area contributed by atoms with Crippen LogP contribution in [-0.2, 0) is 6.54 Å². The molecule has 1 saturated heterocycles. The number of pyridine rings is 1. The maximum atomic E-state index is 6.07. The Morgan fingerprint density at radius 3 is 2.52 bits per heavy atom. The Morgan fingerprint density at radius 1 is 1.05 bits per heavy atom. The smallest absolute Gasteiger partial charge is 0.133 e. The lowest BCUT2D eigenvalue weighted by Crippen LogP contribution is -2.47. The van der Waals surface area contributed by atoms with E-state index in [0.29, 0.717) is 6.54 Å². The number of nitrogens with zero attached hydrogens (tertiary/aromatic N) is 3. The zero-order valence-electron chi connectivity index (χ0n) is 11.9. The van der Waals surface area contributed by atoms with E-state index in [1.165, 1.54) is 5.69 Å². The topological polar surface area (TPSA) is 45.4 Å². The van der Waals surface area contributed by atoms with Crippen molar-refractivity contribution in [3.63, 3.8) is 0 Å². The van der Waals surface area contributed by atoms with Gasteiger partial charge in [-0.1, -0.05) is 23.7 Å². The number of benzene rings is 1. The minimum Gasteiger partial charge on any atom is -0.368 e. The molecule has 1 fully saturated rings. The van der Waals surface area contributed by atoms with Gasteiger partial charge in [0.2, 0.25) is 0 Å². The van der Waals surface area contributed by atoms with Crippen LogP contribution in [0.4, 0.5) is 11.5 Å². The van der Waals surface area contributed by atoms with Crippen LogP contribution in [0.15, 0.2) is 42.6 Å². The fourth-order valence-corrected chi connectivity index (χ4v) is 2.91. The molecule has 2 aromatic rings. The van der Waals surface area contributed by atoms with E-state index in [1.807, 2.05) is 36.5 Å². The predicted octanol–water partition coefficient (Wildman–Crippen LogP) is 2.52. The molecule has 21 heavy (non-hydrogen) atoms. The van der Waals surface area contributed by atoms with Crippen LogP contribution in [0.3, 0.4) is 0 Å². The van der Waals surface area contributed by atoms with Crippen molar-refractivity contribution < 1.29 is 0 Å². The summed E-state index contributed by atoms with van der Waals surface area (Å²) in [5.41, 5.74) is 8.09. The van der Waals surface area contributed by atoms with Gasteiger partial charge in [-0.15, -0.1) is 0 Å². The second-order valence-corrected chi connectivity index (χ2v) is 5.58. The molecule has 0 aliphatic carbocycles. The number of piperazine rings is 1. The van der Waals surface area contributed by atoms with Gasteiger partial charge in [0.25, 0.3) is 0 Å². The van der Waals surface area contributed by atoms with E-state index in [4.69, 9.17) is 17.3 Å². The average Bonchev–Trinajstić information content (AvgIpc) is 2.55. The Bertz CT molecular complexity index is 609. The summed E-state index contributed by atoms with van der Waals surface area (Å²) in [5.74, 6) is 1.02. The first-order valence-electron chi connectivity index (χ1n) is 7.17. The van der Waals surface area contributed by atoms with Gasteiger partial charge in [-0.2, -0.15) is 0 Å². The monoisotopic (exact) mass is 302 g/mol. The molecule has 0 bridgehead atoms. The van der Waals surface area contributed by atoms with Gasteiger partial charge in [0.15, 0.2) is 0 Å². The third-order valence-electron chi connectivity index (χ3n) is 3.84. The van der Waals surface area contributed by atoms with Gasteiger partial charge < -0.3 is 15.5 Å². The molecule has 0 atom stereocenters. The molecule has 4 nitrogen and oxygen atoms in total. The molecular formula is C16H19ClN4. The molecule has 1 aliphatic heterocycles. The van der Waals surface area contributed by atoms with Crippen LogP contribution in [-0.4, -0.2) is 31.2 Å². The maximum Gasteiger partial charge on any atom is 0.133 e. The summed E-state index contributed by atoms with van der Waals surface area (Å²) in [6.45, 7) is 4.33. The summed E-state index contributed by atoms with van der Waals surface area (Å²) in [7, 11) is 0. The lowest BCUT2D eigenvalue weighted by Gasteiger charge is -2.37. The second kappa shape index (κ2) is 6.33. The van der Waals surface area contributed by atoms with E-state index in [2.05, 4.69) is 20.9 Å². The van der Waals surface area contributed by atoms with Crippen molar-refractivity contribution in [2.45, 2.75) is 6.54 Å². The van der Waals surface area contributed by atoms with Gasteiger partial charge in [-0.05, 0) is 24.3 Å². The highest BCUT2D eigenvalue weighted by Gasteiger charge is 2.19. The molecule has 0 saturated carbocycles. The number of aromatic nitrogens is 1. The van der Waals surface area contributed by atoms with Crippen LogP contribution in [0.2, 0.25) is 5.02 Å². The van der Waals surface area contributed by atoms with Crippen LogP contribution in [0.1, 0.15) is 5.56 Å². The van der Waals surface area contributed by atoms with E-state index < -0.39 is 0 Å². The van der Waals surface area contributed by atoms with Gasteiger partial charge in [-0.25, -0.2) is 4.98 Å². The number of nitrogens with two attached hydrogens (primary N) is 1. The number of halogens is 1. The van der Waals surface area contributed by atoms with Crippen molar-refractivity contribution in [3.05, 3.63) is 53.2 Å². The van der Waals surface area contributed by atoms with E-state index in [9.17, 15) is 0 Å². The third-order valence-corrected chi connectivity index (χ3v) is 4.08. The fourth-order valence-electron chi connectivity index (χ4n) is 2.72. The highest BCUT2D eigenvalue weighted by Crippen LogP contribution is 2.23. The predicted molar refractivity (Wildman–Crippen MR) is 88.0 cm³/mol. The zero-order chi connectivity index (χ0) is 14.7. The molecule has 0 radical (unpaired) electrons. The number of hydrogen-bond donors (Lipinski definition) is 1. The molecule has 0 amide bonds. The Morgan fingerprint density at radius 2 is 1.81 bits per heavy atom. The summed E-state index contributed by atoms with van der Waals surface area (Å²) in [4.78, 5) is 9.15. The van der Waals surface area contributed by atoms with Crippen LogP contribution >= 0.6 is 11.6 Å². The third kappa shape index (κ3) is 3.12. The van der Waals surface area contributed by atoms with Gasteiger partial charge in [0.1, 0.15) is 5.82 Å². The van der Waals surface area contributed by atoms with E-state index in [1.54, 1.807) is 0 Å². The molecule has 110 valence electrons. The van der Waals surface area contributed by atoms with Crippen LogP contribution in [0, 0.1) is 0 Å². The van der Waals surface area contributed by atoms with Gasteiger partial charge in [0, 0.05) is 55.2 Å². The van der Waals surface area contributed by atoms with Gasteiger partial charge in [0.05, 0.1) is 0 Å². The standard InChI is InChI=1S/C16H19ClN4/c17-14-4-1-5-15(11-14)20-7-9-21(10-8-20)16-13(12-18)3-2-6-19-16/h1-6,11H,7-10,12,18H2. The van der Waals surface area contributed by atoms with Crippen molar-refractivity contribution in [2.75, 3.05) is 36.0 Å². The number of hydrogen-bond acceptors (Lipinski definition) is 4. The average molecular weight is 303 g/mol. The molecule has 0 spiro atoms. The van der Waals surface area contributed by atoms with Gasteiger partial charge in [-0.3, -0.25) is 0 Å². The molecule has 1 aromatic heterocycles. The molecule has 2 heterocycles. The van der Waals surface area contributed by atoms with Gasteiger partial charge >= 0.3 is 0 Å². The van der Waals surface area contributed by atoms with Crippen molar-refractivity contribution >= 4 is 23.1 Å². The molecule has 2 N–H and O–H groups in total. The Labute approximate surface area is 130 Å². The summed E-state index contributed by atoms with van der Waals surface area (Å²) < 4.78 is 0. The normalized spacial score (nSPS) is 15.3. The van der Waals surface area contributed by atoms with Crippen LogP contribution in [0.25, 0.3) is 0 Å². The van der Waals surface area contributed by atoms with Crippen LogP contribution < -0.4 is 15.5 Å².